The van der Waals surface area contributed by atoms with Crippen LogP contribution in [0.1, 0.15) is 201 Å². The lowest BCUT2D eigenvalue weighted by Gasteiger charge is -2.29. The van der Waals surface area contributed by atoms with E-state index in [1.165, 1.54) is 160 Å². The van der Waals surface area contributed by atoms with Crippen molar-refractivity contribution in [1.29, 1.82) is 0 Å². The Balaban J connectivity index is 2.23. The van der Waals surface area contributed by atoms with Crippen molar-refractivity contribution in [2.75, 3.05) is 20.1 Å². The summed E-state index contributed by atoms with van der Waals surface area (Å²) in [6.45, 7) is 13.4. The quantitative estimate of drug-likeness (QED) is 0.0464. The predicted octanol–water partition coefficient (Wildman–Crippen LogP) is 12.6. The number of unbranched alkanes of at least 4 members (excludes halogenated alkanes) is 15. The second-order valence-corrected chi connectivity index (χ2v) is 14.4. The lowest BCUT2D eigenvalue weighted by Crippen LogP contribution is -2.35. The van der Waals surface area contributed by atoms with Crippen molar-refractivity contribution >= 4 is 5.97 Å². The second-order valence-electron chi connectivity index (χ2n) is 14.4. The Bertz CT molecular complexity index is 638. The minimum Gasteiger partial charge on any atom is -0.462 e. The first-order valence-electron chi connectivity index (χ1n) is 19.6. The van der Waals surface area contributed by atoms with E-state index in [-0.39, 0.29) is 18.0 Å². The first-order valence-corrected chi connectivity index (χ1v) is 19.6. The molecule has 0 aromatic carbocycles. The van der Waals surface area contributed by atoms with Crippen molar-refractivity contribution in [1.82, 2.24) is 4.90 Å². The van der Waals surface area contributed by atoms with Gasteiger partial charge in [-0.3, -0.25) is 4.79 Å². The van der Waals surface area contributed by atoms with Crippen LogP contribution in [0.3, 0.4) is 0 Å². The first kappa shape index (κ1) is 40.2. The van der Waals surface area contributed by atoms with Crippen LogP contribution in [-0.2, 0) is 9.53 Å². The number of ether oxygens (including phenoxy) is 1. The van der Waals surface area contributed by atoms with Gasteiger partial charge in [0.2, 0.25) is 0 Å². The Morgan fingerprint density at radius 1 is 0.628 bits per heavy atom. The average Bonchev–Trinajstić information content (AvgIpc) is 3.01. The fourth-order valence-corrected chi connectivity index (χ4v) is 6.87. The topological polar surface area (TPSA) is 29.5 Å². The zero-order valence-corrected chi connectivity index (χ0v) is 29.9. The lowest BCUT2D eigenvalue weighted by molar-refractivity contribution is -0.156. The number of allylic oxidation sites excluding steroid dienone is 1. The number of nitrogens with zero attached hydrogens (tertiary/aromatic N) is 1. The van der Waals surface area contributed by atoms with Gasteiger partial charge in [0.25, 0.3) is 0 Å². The SMILES string of the molecule is C=C(CCCCCCCCC(CCCCCCCCC)OC(=O)C1CCN(C)CC1)CCC(CCCC)CCCCCC. The molecule has 1 heterocycles. The minimum absolute atomic E-state index is 0.0921. The summed E-state index contributed by atoms with van der Waals surface area (Å²) in [6.07, 6.45) is 36.2. The molecule has 0 amide bonds. The molecule has 0 aromatic rings. The van der Waals surface area contributed by atoms with E-state index in [0.29, 0.717) is 0 Å². The van der Waals surface area contributed by atoms with Crippen LogP contribution in [0.4, 0.5) is 0 Å². The van der Waals surface area contributed by atoms with E-state index in [4.69, 9.17) is 4.74 Å². The molecule has 1 fully saturated rings. The standard InChI is InChI=1S/C40H77NO2/c1-6-9-12-14-15-19-23-28-39(43-40(42)38-32-34-41(5)35-33-38)29-24-20-17-16-18-21-25-36(4)30-31-37(26-11-8-3)27-22-13-10-7-2/h37-39H,4,6-35H2,1-3,5H3. The smallest absolute Gasteiger partial charge is 0.309 e. The Morgan fingerprint density at radius 2 is 1.09 bits per heavy atom. The number of esters is 1. The predicted molar refractivity (Wildman–Crippen MR) is 190 cm³/mol. The van der Waals surface area contributed by atoms with Crippen molar-refractivity contribution in [2.45, 2.75) is 207 Å². The Hall–Kier alpha value is -0.830. The molecular formula is C40H77NO2. The molecule has 0 radical (unpaired) electrons. The first-order chi connectivity index (χ1) is 21.0. The van der Waals surface area contributed by atoms with Crippen molar-refractivity contribution < 1.29 is 9.53 Å². The zero-order chi connectivity index (χ0) is 31.4. The molecule has 0 aliphatic carbocycles. The maximum Gasteiger partial charge on any atom is 0.309 e. The molecule has 3 nitrogen and oxygen atoms in total. The zero-order valence-electron chi connectivity index (χ0n) is 29.9. The third kappa shape index (κ3) is 23.2. The number of hydrogen-bond acceptors (Lipinski definition) is 3. The monoisotopic (exact) mass is 604 g/mol. The van der Waals surface area contributed by atoms with Gasteiger partial charge >= 0.3 is 5.97 Å². The Labute approximate surface area is 270 Å². The molecule has 254 valence electrons. The number of rotatable bonds is 30. The number of carbonyl (C=O) groups excluding carboxylic acids is 1. The summed E-state index contributed by atoms with van der Waals surface area (Å²) in [7, 11) is 2.15. The highest BCUT2D eigenvalue weighted by atomic mass is 16.5. The fraction of sp³-hybridized carbons (Fsp3) is 0.925. The third-order valence-corrected chi connectivity index (χ3v) is 10.1. The van der Waals surface area contributed by atoms with E-state index >= 15 is 0 Å². The summed E-state index contributed by atoms with van der Waals surface area (Å²) in [4.78, 5) is 15.3. The molecule has 1 aliphatic heterocycles. The molecule has 43 heavy (non-hydrogen) atoms. The van der Waals surface area contributed by atoms with Crippen LogP contribution in [0, 0.1) is 11.8 Å². The van der Waals surface area contributed by atoms with E-state index < -0.39 is 0 Å². The van der Waals surface area contributed by atoms with Crippen LogP contribution in [0.15, 0.2) is 12.2 Å². The summed E-state index contributed by atoms with van der Waals surface area (Å²) in [5.41, 5.74) is 1.50. The fourth-order valence-electron chi connectivity index (χ4n) is 6.87. The number of likely N-dealkylation sites (tertiary alicyclic amines) is 1. The van der Waals surface area contributed by atoms with Gasteiger partial charge in [0, 0.05) is 0 Å². The molecule has 0 N–H and O–H groups in total. The molecule has 2 atom stereocenters. The van der Waals surface area contributed by atoms with Gasteiger partial charge in [-0.15, -0.1) is 0 Å². The molecular weight excluding hydrogens is 526 g/mol. The van der Waals surface area contributed by atoms with Gasteiger partial charge in [0.1, 0.15) is 6.10 Å². The lowest BCUT2D eigenvalue weighted by atomic mass is 9.89. The normalized spacial score (nSPS) is 15.9. The summed E-state index contributed by atoms with van der Waals surface area (Å²) in [6, 6.07) is 0. The maximum atomic E-state index is 12.9. The van der Waals surface area contributed by atoms with E-state index in [1.54, 1.807) is 0 Å². The van der Waals surface area contributed by atoms with Gasteiger partial charge in [-0.1, -0.05) is 148 Å². The van der Waals surface area contributed by atoms with Crippen molar-refractivity contribution in [3.63, 3.8) is 0 Å². The van der Waals surface area contributed by atoms with Gasteiger partial charge in [-0.05, 0) is 90.3 Å². The molecule has 1 saturated heterocycles. The molecule has 2 unspecified atom stereocenters. The second kappa shape index (κ2) is 28.6. The van der Waals surface area contributed by atoms with Crippen LogP contribution in [-0.4, -0.2) is 37.1 Å². The maximum absolute atomic E-state index is 12.9. The minimum atomic E-state index is 0.0921. The largest absolute Gasteiger partial charge is 0.462 e. The number of piperidine rings is 1. The average molecular weight is 604 g/mol. The number of carbonyl (C=O) groups is 1. The Morgan fingerprint density at radius 3 is 1.67 bits per heavy atom. The van der Waals surface area contributed by atoms with Gasteiger partial charge < -0.3 is 9.64 Å². The van der Waals surface area contributed by atoms with E-state index in [1.807, 2.05) is 0 Å². The van der Waals surface area contributed by atoms with E-state index in [0.717, 1.165) is 44.7 Å². The van der Waals surface area contributed by atoms with Crippen molar-refractivity contribution in [3.05, 3.63) is 12.2 Å². The van der Waals surface area contributed by atoms with Crippen LogP contribution in [0.25, 0.3) is 0 Å². The molecule has 0 spiro atoms. The van der Waals surface area contributed by atoms with Gasteiger partial charge in [0.05, 0.1) is 5.92 Å². The highest BCUT2D eigenvalue weighted by Gasteiger charge is 2.26. The summed E-state index contributed by atoms with van der Waals surface area (Å²) in [5.74, 6) is 1.14. The van der Waals surface area contributed by atoms with Crippen LogP contribution in [0.2, 0.25) is 0 Å². The van der Waals surface area contributed by atoms with Crippen molar-refractivity contribution in [3.8, 4) is 0 Å². The molecule has 1 aliphatic rings. The van der Waals surface area contributed by atoms with E-state index in [2.05, 4.69) is 39.3 Å². The molecule has 1 rings (SSSR count). The molecule has 0 saturated carbocycles. The Kier molecular flexibility index (Phi) is 26.8. The number of hydrogen-bond donors (Lipinski definition) is 0. The highest BCUT2D eigenvalue weighted by molar-refractivity contribution is 5.72. The third-order valence-electron chi connectivity index (χ3n) is 10.1. The highest BCUT2D eigenvalue weighted by Crippen LogP contribution is 2.26. The summed E-state index contributed by atoms with van der Waals surface area (Å²) >= 11 is 0. The van der Waals surface area contributed by atoms with Gasteiger partial charge in [-0.2, -0.15) is 0 Å². The van der Waals surface area contributed by atoms with Crippen LogP contribution >= 0.6 is 0 Å². The molecule has 0 bridgehead atoms. The summed E-state index contributed by atoms with van der Waals surface area (Å²) in [5, 5.41) is 0. The van der Waals surface area contributed by atoms with Crippen LogP contribution < -0.4 is 0 Å². The van der Waals surface area contributed by atoms with Crippen molar-refractivity contribution in [2.24, 2.45) is 11.8 Å². The molecule has 3 heteroatoms. The van der Waals surface area contributed by atoms with Gasteiger partial charge in [0.15, 0.2) is 0 Å². The molecule has 0 aromatic heterocycles. The summed E-state index contributed by atoms with van der Waals surface area (Å²) < 4.78 is 6.17. The van der Waals surface area contributed by atoms with Gasteiger partial charge in [-0.25, -0.2) is 0 Å². The van der Waals surface area contributed by atoms with Crippen LogP contribution in [0.5, 0.6) is 0 Å². The van der Waals surface area contributed by atoms with E-state index in [9.17, 15) is 4.79 Å².